The van der Waals surface area contributed by atoms with Gasteiger partial charge in [-0.1, -0.05) is 6.92 Å². The molecule has 0 aromatic carbocycles. The number of hydrogen-bond acceptors (Lipinski definition) is 4. The summed E-state index contributed by atoms with van der Waals surface area (Å²) in [4.78, 5) is 0. The molecule has 4 nitrogen and oxygen atoms in total. The summed E-state index contributed by atoms with van der Waals surface area (Å²) in [5.41, 5.74) is -0.706. The van der Waals surface area contributed by atoms with Gasteiger partial charge < -0.3 is 18.3 Å². The lowest BCUT2D eigenvalue weighted by atomic mass is 10.4. The molecule has 0 N–H and O–H groups in total. The average Bonchev–Trinajstić information content (AvgIpc) is 2.29. The molecule has 0 aliphatic heterocycles. The maximum absolute atomic E-state index is 5.90. The lowest BCUT2D eigenvalue weighted by Crippen LogP contribution is -2.63. The SMILES string of the molecule is CCOC(CC)(OCC)[Si](C)(OCC)OCC. The molecule has 0 bridgehead atoms. The van der Waals surface area contributed by atoms with Crippen LogP contribution in [0.5, 0.6) is 0 Å². The van der Waals surface area contributed by atoms with Crippen LogP contribution >= 0.6 is 0 Å². The van der Waals surface area contributed by atoms with Gasteiger partial charge in [-0.2, -0.15) is 0 Å². The van der Waals surface area contributed by atoms with Crippen LogP contribution in [0.2, 0.25) is 6.55 Å². The summed E-state index contributed by atoms with van der Waals surface area (Å²) in [7, 11) is -2.52. The van der Waals surface area contributed by atoms with Crippen molar-refractivity contribution in [2.45, 2.75) is 53.0 Å². The van der Waals surface area contributed by atoms with Gasteiger partial charge in [-0.25, -0.2) is 0 Å². The Kier molecular flexibility index (Phi) is 8.24. The minimum absolute atomic E-state index is 0.594. The lowest BCUT2D eigenvalue weighted by Gasteiger charge is -2.43. The molecule has 0 heterocycles. The summed E-state index contributed by atoms with van der Waals surface area (Å²) in [6, 6.07) is 0. The third kappa shape index (κ3) is 4.03. The van der Waals surface area contributed by atoms with Gasteiger partial charge >= 0.3 is 8.56 Å². The Morgan fingerprint density at radius 2 is 1.18 bits per heavy atom. The summed E-state index contributed by atoms with van der Waals surface area (Å²) >= 11 is 0. The predicted octanol–water partition coefficient (Wildman–Crippen LogP) is 2.85. The molecule has 0 fully saturated rings. The molecule has 0 aliphatic carbocycles. The first-order chi connectivity index (χ1) is 8.05. The van der Waals surface area contributed by atoms with Crippen LogP contribution in [-0.2, 0) is 18.3 Å². The zero-order chi connectivity index (χ0) is 13.4. The van der Waals surface area contributed by atoms with Gasteiger partial charge in [-0.05, 0) is 34.2 Å². The van der Waals surface area contributed by atoms with E-state index in [0.717, 1.165) is 6.42 Å². The average molecular weight is 264 g/mol. The quantitative estimate of drug-likeness (QED) is 0.449. The molecule has 5 heteroatoms. The monoisotopic (exact) mass is 264 g/mol. The maximum Gasteiger partial charge on any atom is 0.396 e. The molecular weight excluding hydrogens is 236 g/mol. The van der Waals surface area contributed by atoms with Crippen LogP contribution in [0.4, 0.5) is 0 Å². The van der Waals surface area contributed by atoms with E-state index in [1.165, 1.54) is 0 Å². The Labute approximate surface area is 107 Å². The van der Waals surface area contributed by atoms with E-state index in [4.69, 9.17) is 18.3 Å². The predicted molar refractivity (Wildman–Crippen MR) is 71.1 cm³/mol. The van der Waals surface area contributed by atoms with Crippen LogP contribution in [0.25, 0.3) is 0 Å². The first-order valence-corrected chi connectivity index (χ1v) is 8.93. The Hall–Kier alpha value is 0.0569. The summed E-state index contributed by atoms with van der Waals surface area (Å²) < 4.78 is 23.6. The van der Waals surface area contributed by atoms with Crippen molar-refractivity contribution in [1.29, 1.82) is 0 Å². The molecule has 0 saturated carbocycles. The lowest BCUT2D eigenvalue weighted by molar-refractivity contribution is -0.204. The highest BCUT2D eigenvalue weighted by Gasteiger charge is 2.55. The molecule has 0 unspecified atom stereocenters. The molecule has 0 aromatic heterocycles. The van der Waals surface area contributed by atoms with Gasteiger partial charge in [0.1, 0.15) is 0 Å². The van der Waals surface area contributed by atoms with E-state index < -0.39 is 14.0 Å². The third-order valence-electron chi connectivity index (χ3n) is 2.75. The van der Waals surface area contributed by atoms with Crippen LogP contribution in [0.3, 0.4) is 0 Å². The summed E-state index contributed by atoms with van der Waals surface area (Å²) in [5.74, 6) is 0. The van der Waals surface area contributed by atoms with Gasteiger partial charge in [0.05, 0.1) is 0 Å². The van der Waals surface area contributed by atoms with Crippen molar-refractivity contribution < 1.29 is 18.3 Å². The van der Waals surface area contributed by atoms with E-state index in [1.807, 2.05) is 34.2 Å². The second-order valence-corrected chi connectivity index (χ2v) is 7.01. The molecule has 0 amide bonds. The fourth-order valence-electron chi connectivity index (χ4n) is 2.11. The Morgan fingerprint density at radius 1 is 0.765 bits per heavy atom. The zero-order valence-electron chi connectivity index (χ0n) is 12.2. The van der Waals surface area contributed by atoms with Gasteiger partial charge in [0.25, 0.3) is 0 Å². The van der Waals surface area contributed by atoms with E-state index in [-0.39, 0.29) is 0 Å². The molecule has 0 aromatic rings. The molecular formula is C12H28O4Si. The van der Waals surface area contributed by atoms with Crippen LogP contribution in [0, 0.1) is 0 Å². The van der Waals surface area contributed by atoms with Crippen molar-refractivity contribution in [3.05, 3.63) is 0 Å². The molecule has 0 saturated heterocycles. The fraction of sp³-hybridized carbons (Fsp3) is 1.00. The second-order valence-electron chi connectivity index (χ2n) is 3.78. The highest BCUT2D eigenvalue weighted by Crippen LogP contribution is 2.32. The highest BCUT2D eigenvalue weighted by atomic mass is 28.4. The minimum Gasteiger partial charge on any atom is -0.392 e. The summed E-state index contributed by atoms with van der Waals surface area (Å²) in [6.45, 7) is 14.4. The normalized spacial score (nSPS) is 13.1. The number of hydrogen-bond donors (Lipinski definition) is 0. The van der Waals surface area contributed by atoms with Gasteiger partial charge in [0, 0.05) is 32.8 Å². The topological polar surface area (TPSA) is 36.9 Å². The second kappa shape index (κ2) is 8.21. The zero-order valence-corrected chi connectivity index (χ0v) is 13.2. The van der Waals surface area contributed by atoms with Gasteiger partial charge in [-0.15, -0.1) is 0 Å². The van der Waals surface area contributed by atoms with Crippen molar-refractivity contribution in [2.24, 2.45) is 0 Å². The van der Waals surface area contributed by atoms with E-state index in [2.05, 4.69) is 6.92 Å². The van der Waals surface area contributed by atoms with Crippen molar-refractivity contribution in [2.75, 3.05) is 26.4 Å². The molecule has 0 rings (SSSR count). The van der Waals surface area contributed by atoms with Crippen molar-refractivity contribution >= 4 is 8.56 Å². The van der Waals surface area contributed by atoms with Crippen molar-refractivity contribution in [3.8, 4) is 0 Å². The van der Waals surface area contributed by atoms with Crippen LogP contribution in [-0.4, -0.2) is 40.4 Å². The largest absolute Gasteiger partial charge is 0.396 e. The van der Waals surface area contributed by atoms with Crippen molar-refractivity contribution in [1.82, 2.24) is 0 Å². The fourth-order valence-corrected chi connectivity index (χ4v) is 5.19. The van der Waals surface area contributed by atoms with Gasteiger partial charge in [-0.3, -0.25) is 0 Å². The smallest absolute Gasteiger partial charge is 0.392 e. The van der Waals surface area contributed by atoms with E-state index in [9.17, 15) is 0 Å². The molecule has 0 radical (unpaired) electrons. The van der Waals surface area contributed by atoms with Gasteiger partial charge in [0.2, 0.25) is 5.41 Å². The van der Waals surface area contributed by atoms with E-state index in [1.54, 1.807) is 0 Å². The van der Waals surface area contributed by atoms with Crippen LogP contribution in [0.1, 0.15) is 41.0 Å². The Morgan fingerprint density at radius 3 is 1.41 bits per heavy atom. The van der Waals surface area contributed by atoms with Crippen LogP contribution < -0.4 is 0 Å². The summed E-state index contributed by atoms with van der Waals surface area (Å²) in [5, 5.41) is 0. The van der Waals surface area contributed by atoms with E-state index >= 15 is 0 Å². The highest BCUT2D eigenvalue weighted by molar-refractivity contribution is 6.68. The molecule has 104 valence electrons. The first kappa shape index (κ1) is 17.1. The van der Waals surface area contributed by atoms with Gasteiger partial charge in [0.15, 0.2) is 0 Å². The Balaban J connectivity index is 5.15. The summed E-state index contributed by atoms with van der Waals surface area (Å²) in [6.07, 6.45) is 0.734. The number of rotatable bonds is 10. The molecule has 17 heavy (non-hydrogen) atoms. The van der Waals surface area contributed by atoms with Crippen molar-refractivity contribution in [3.63, 3.8) is 0 Å². The first-order valence-electron chi connectivity index (χ1n) is 6.61. The maximum atomic E-state index is 5.90. The third-order valence-corrected chi connectivity index (χ3v) is 6.46. The molecule has 0 atom stereocenters. The minimum atomic E-state index is -2.52. The van der Waals surface area contributed by atoms with E-state index in [0.29, 0.717) is 26.4 Å². The van der Waals surface area contributed by atoms with Crippen LogP contribution in [0.15, 0.2) is 0 Å². The molecule has 0 spiro atoms. The Bertz CT molecular complexity index is 187. The molecule has 0 aliphatic rings. The standard InChI is InChI=1S/C12H28O4Si/c1-7-12(13-8-2,14-9-3)17(6,15-10-4)16-11-5/h7-11H2,1-6H3. The number of ether oxygens (including phenoxy) is 2.